The zero-order chi connectivity index (χ0) is 13.9. The molecule has 0 aromatic carbocycles. The van der Waals surface area contributed by atoms with Crippen LogP contribution in [0, 0.1) is 29.6 Å². The molecule has 3 rings (SSSR count). The highest BCUT2D eigenvalue weighted by atomic mass is 16.4. The zero-order valence-corrected chi connectivity index (χ0v) is 10.9. The van der Waals surface area contributed by atoms with Crippen molar-refractivity contribution in [3.63, 3.8) is 0 Å². The normalized spacial score (nSPS) is 37.3. The monoisotopic (exact) mass is 263 g/mol. The molecule has 2 fully saturated rings. The van der Waals surface area contributed by atoms with Gasteiger partial charge in [0.05, 0.1) is 11.8 Å². The largest absolute Gasteiger partial charge is 0.480 e. The van der Waals surface area contributed by atoms with Crippen LogP contribution in [0.15, 0.2) is 12.2 Å². The summed E-state index contributed by atoms with van der Waals surface area (Å²) in [4.78, 5) is 37.3. The number of carboxylic acid groups (broad SMARTS) is 1. The lowest BCUT2D eigenvalue weighted by atomic mass is 9.85. The maximum atomic E-state index is 12.4. The van der Waals surface area contributed by atoms with Crippen molar-refractivity contribution in [2.24, 2.45) is 29.6 Å². The predicted molar refractivity (Wildman–Crippen MR) is 65.8 cm³/mol. The van der Waals surface area contributed by atoms with E-state index in [0.717, 1.165) is 11.3 Å². The fourth-order valence-electron chi connectivity index (χ4n) is 3.89. The maximum absolute atomic E-state index is 12.4. The molecule has 1 aliphatic heterocycles. The second-order valence-electron chi connectivity index (χ2n) is 6.07. The second-order valence-corrected chi connectivity index (χ2v) is 6.07. The number of fused-ring (bicyclic) bond motifs is 5. The maximum Gasteiger partial charge on any atom is 0.327 e. The predicted octanol–water partition coefficient (Wildman–Crippen LogP) is 0.903. The number of carboxylic acids is 1. The molecule has 1 saturated heterocycles. The van der Waals surface area contributed by atoms with Crippen LogP contribution in [-0.4, -0.2) is 33.8 Å². The Morgan fingerprint density at radius 2 is 1.68 bits per heavy atom. The summed E-state index contributed by atoms with van der Waals surface area (Å²) in [5, 5.41) is 9.29. The minimum atomic E-state index is -1.10. The van der Waals surface area contributed by atoms with E-state index in [1.54, 1.807) is 13.8 Å². The number of rotatable bonds is 3. The van der Waals surface area contributed by atoms with Gasteiger partial charge >= 0.3 is 5.97 Å². The minimum absolute atomic E-state index is 0.123. The van der Waals surface area contributed by atoms with Gasteiger partial charge in [0.2, 0.25) is 11.8 Å². The first-order chi connectivity index (χ1) is 8.93. The Morgan fingerprint density at radius 1 is 1.21 bits per heavy atom. The van der Waals surface area contributed by atoms with E-state index in [4.69, 9.17) is 0 Å². The molecule has 0 unspecified atom stereocenters. The summed E-state index contributed by atoms with van der Waals surface area (Å²) in [7, 11) is 0. The van der Waals surface area contributed by atoms with Crippen molar-refractivity contribution in [1.82, 2.24) is 4.90 Å². The van der Waals surface area contributed by atoms with E-state index >= 15 is 0 Å². The van der Waals surface area contributed by atoms with Gasteiger partial charge in [-0.05, 0) is 24.2 Å². The fourth-order valence-corrected chi connectivity index (χ4v) is 3.89. The molecule has 2 bridgehead atoms. The topological polar surface area (TPSA) is 74.7 Å². The average Bonchev–Trinajstić information content (AvgIpc) is 2.97. The van der Waals surface area contributed by atoms with Crippen LogP contribution in [0.4, 0.5) is 0 Å². The lowest BCUT2D eigenvalue weighted by molar-refractivity contribution is -0.157. The average molecular weight is 263 g/mol. The number of hydrogen-bond donors (Lipinski definition) is 1. The smallest absolute Gasteiger partial charge is 0.327 e. The van der Waals surface area contributed by atoms with Gasteiger partial charge in [-0.3, -0.25) is 14.5 Å². The summed E-state index contributed by atoms with van der Waals surface area (Å²) in [6.07, 6.45) is 4.87. The Hall–Kier alpha value is -1.65. The first-order valence-electron chi connectivity index (χ1n) is 6.71. The summed E-state index contributed by atoms with van der Waals surface area (Å²) in [6.45, 7) is 3.45. The van der Waals surface area contributed by atoms with Gasteiger partial charge in [-0.15, -0.1) is 0 Å². The van der Waals surface area contributed by atoms with Gasteiger partial charge in [0.25, 0.3) is 0 Å². The van der Waals surface area contributed by atoms with Gasteiger partial charge in [-0.1, -0.05) is 26.0 Å². The van der Waals surface area contributed by atoms with E-state index in [2.05, 4.69) is 0 Å². The standard InChI is InChI=1S/C14H17NO4/c1-6(2)11(14(18)19)15-12(16)9-7-3-4-8(5-7)10(9)13(15)17/h3-4,6-11H,5H2,1-2H3,(H,18,19)/t7-,8+,9+,10-,11-/m1/s1. The van der Waals surface area contributed by atoms with E-state index < -0.39 is 12.0 Å². The van der Waals surface area contributed by atoms with Gasteiger partial charge in [-0.2, -0.15) is 0 Å². The molecule has 1 heterocycles. The van der Waals surface area contributed by atoms with Crippen molar-refractivity contribution >= 4 is 17.8 Å². The van der Waals surface area contributed by atoms with Crippen LogP contribution < -0.4 is 0 Å². The van der Waals surface area contributed by atoms with Crippen LogP contribution in [0.5, 0.6) is 0 Å². The Labute approximate surface area is 111 Å². The Kier molecular flexibility index (Phi) is 2.56. The molecule has 5 nitrogen and oxygen atoms in total. The third kappa shape index (κ3) is 1.50. The lowest BCUT2D eigenvalue weighted by Crippen LogP contribution is -2.49. The van der Waals surface area contributed by atoms with E-state index in [0.29, 0.717) is 0 Å². The van der Waals surface area contributed by atoms with Crippen LogP contribution in [0.1, 0.15) is 20.3 Å². The second kappa shape index (κ2) is 3.92. The van der Waals surface area contributed by atoms with Crippen molar-refractivity contribution in [3.8, 4) is 0 Å². The fraction of sp³-hybridized carbons (Fsp3) is 0.643. The molecule has 0 spiro atoms. The van der Waals surface area contributed by atoms with E-state index in [9.17, 15) is 19.5 Å². The molecule has 0 aromatic rings. The first kappa shape index (κ1) is 12.4. The Morgan fingerprint density at radius 3 is 2.05 bits per heavy atom. The van der Waals surface area contributed by atoms with Crippen LogP contribution in [0.2, 0.25) is 0 Å². The van der Waals surface area contributed by atoms with Crippen molar-refractivity contribution in [3.05, 3.63) is 12.2 Å². The van der Waals surface area contributed by atoms with Gasteiger partial charge in [0, 0.05) is 0 Å². The molecule has 102 valence electrons. The summed E-state index contributed by atoms with van der Waals surface area (Å²) in [5.41, 5.74) is 0. The summed E-state index contributed by atoms with van der Waals surface area (Å²) < 4.78 is 0. The van der Waals surface area contributed by atoms with Crippen molar-refractivity contribution in [2.75, 3.05) is 0 Å². The summed E-state index contributed by atoms with van der Waals surface area (Å²) in [6, 6.07) is -1.04. The zero-order valence-electron chi connectivity index (χ0n) is 10.9. The van der Waals surface area contributed by atoms with Gasteiger partial charge in [0.1, 0.15) is 6.04 Å². The van der Waals surface area contributed by atoms with Crippen LogP contribution >= 0.6 is 0 Å². The molecule has 2 aliphatic carbocycles. The van der Waals surface area contributed by atoms with Crippen molar-refractivity contribution in [1.29, 1.82) is 0 Å². The highest BCUT2D eigenvalue weighted by Gasteiger charge is 2.61. The number of imide groups is 1. The van der Waals surface area contributed by atoms with Crippen molar-refractivity contribution in [2.45, 2.75) is 26.3 Å². The van der Waals surface area contributed by atoms with Gasteiger partial charge in [-0.25, -0.2) is 4.79 Å². The molecule has 0 radical (unpaired) electrons. The molecule has 19 heavy (non-hydrogen) atoms. The third-order valence-corrected chi connectivity index (χ3v) is 4.67. The van der Waals surface area contributed by atoms with E-state index in [1.807, 2.05) is 12.2 Å². The molecule has 0 aromatic heterocycles. The number of hydrogen-bond acceptors (Lipinski definition) is 3. The SMILES string of the molecule is CC(C)[C@H](C(=O)O)N1C(=O)[C@@H]2[C@H](C1=O)[C@H]1C=C[C@@H]2C1. The Balaban J connectivity index is 1.96. The van der Waals surface area contributed by atoms with E-state index in [-0.39, 0.29) is 41.4 Å². The molecule has 5 atom stereocenters. The summed E-state index contributed by atoms with van der Waals surface area (Å²) >= 11 is 0. The van der Waals surface area contributed by atoms with Gasteiger partial charge in [0.15, 0.2) is 0 Å². The summed E-state index contributed by atoms with van der Waals surface area (Å²) in [5.74, 6) is -2.34. The number of carbonyl (C=O) groups is 3. The number of allylic oxidation sites excluding steroid dienone is 2. The molecular weight excluding hydrogens is 246 g/mol. The molecule has 5 heteroatoms. The molecule has 3 aliphatic rings. The Bertz CT molecular complexity index is 466. The number of carbonyl (C=O) groups excluding carboxylic acids is 2. The van der Waals surface area contributed by atoms with Crippen LogP contribution in [0.25, 0.3) is 0 Å². The lowest BCUT2D eigenvalue weighted by Gasteiger charge is -2.27. The molecule has 1 N–H and O–H groups in total. The quantitative estimate of drug-likeness (QED) is 0.606. The highest BCUT2D eigenvalue weighted by Crippen LogP contribution is 2.53. The molecular formula is C14H17NO4. The number of nitrogens with zero attached hydrogens (tertiary/aromatic N) is 1. The third-order valence-electron chi connectivity index (χ3n) is 4.67. The van der Waals surface area contributed by atoms with Gasteiger partial charge < -0.3 is 5.11 Å². The van der Waals surface area contributed by atoms with E-state index in [1.165, 1.54) is 0 Å². The molecule has 1 saturated carbocycles. The number of amides is 2. The number of likely N-dealkylation sites (tertiary alicyclic amines) is 1. The minimum Gasteiger partial charge on any atom is -0.480 e. The van der Waals surface area contributed by atoms with Crippen LogP contribution in [0.3, 0.4) is 0 Å². The van der Waals surface area contributed by atoms with Crippen molar-refractivity contribution < 1.29 is 19.5 Å². The highest BCUT2D eigenvalue weighted by molar-refractivity contribution is 6.08. The number of aliphatic carboxylic acids is 1. The first-order valence-corrected chi connectivity index (χ1v) is 6.71. The molecule has 2 amide bonds. The van der Waals surface area contributed by atoms with Crippen LogP contribution in [-0.2, 0) is 14.4 Å².